The number of hydrogen-bond acceptors (Lipinski definition) is 5. The zero-order chi connectivity index (χ0) is 21.2. The van der Waals surface area contributed by atoms with E-state index < -0.39 is 28.2 Å². The second-order valence-electron chi connectivity index (χ2n) is 6.45. The number of Topliss-reactive ketones (excluding diaryl/α,β-unsaturated/α-hetero) is 1. The van der Waals surface area contributed by atoms with Crippen LogP contribution >= 0.6 is 11.6 Å². The van der Waals surface area contributed by atoms with Gasteiger partial charge in [-0.05, 0) is 42.3 Å². The normalized spacial score (nSPS) is 18.6. The number of sulfonamides is 1. The topological polar surface area (TPSA) is 76.6 Å². The van der Waals surface area contributed by atoms with Gasteiger partial charge in [0.15, 0.2) is 0 Å². The number of ketones is 1. The van der Waals surface area contributed by atoms with Gasteiger partial charge in [-0.3, -0.25) is 9.78 Å². The fourth-order valence-electron chi connectivity index (χ4n) is 3.14. The van der Waals surface area contributed by atoms with E-state index in [1.54, 1.807) is 6.07 Å². The molecule has 1 aromatic carbocycles. The Kier molecular flexibility index (Phi) is 6.16. The number of rotatable bonds is 5. The van der Waals surface area contributed by atoms with E-state index in [0.29, 0.717) is 10.6 Å². The van der Waals surface area contributed by atoms with Gasteiger partial charge < -0.3 is 4.74 Å². The largest absolute Gasteiger partial charge is 0.573 e. The summed E-state index contributed by atoms with van der Waals surface area (Å²) in [5, 5.41) is 0.407. The van der Waals surface area contributed by atoms with Crippen LogP contribution in [0.4, 0.5) is 13.2 Å². The number of nitrogens with zero attached hydrogens (tertiary/aromatic N) is 2. The molecule has 2 heterocycles. The van der Waals surface area contributed by atoms with E-state index in [2.05, 4.69) is 9.72 Å². The summed E-state index contributed by atoms with van der Waals surface area (Å²) in [6.45, 7) is -0.0233. The van der Waals surface area contributed by atoms with Gasteiger partial charge >= 0.3 is 6.36 Å². The molecule has 0 aliphatic carbocycles. The summed E-state index contributed by atoms with van der Waals surface area (Å²) in [4.78, 5) is 15.7. The van der Waals surface area contributed by atoms with Crippen LogP contribution in [0.25, 0.3) is 0 Å². The molecule has 0 spiro atoms. The van der Waals surface area contributed by atoms with Gasteiger partial charge in [0.25, 0.3) is 0 Å². The lowest BCUT2D eigenvalue weighted by Gasteiger charge is -2.34. The molecule has 156 valence electrons. The lowest BCUT2D eigenvalue weighted by Crippen LogP contribution is -2.47. The summed E-state index contributed by atoms with van der Waals surface area (Å²) in [6.07, 6.45) is -1.60. The maximum absolute atomic E-state index is 13.1. The van der Waals surface area contributed by atoms with Crippen LogP contribution in [0.5, 0.6) is 5.75 Å². The number of aromatic nitrogens is 1. The number of piperidine rings is 1. The van der Waals surface area contributed by atoms with Gasteiger partial charge in [-0.1, -0.05) is 11.6 Å². The van der Waals surface area contributed by atoms with Gasteiger partial charge in [-0.25, -0.2) is 8.42 Å². The first-order valence-corrected chi connectivity index (χ1v) is 10.4. The van der Waals surface area contributed by atoms with Crippen molar-refractivity contribution in [3.8, 4) is 5.75 Å². The van der Waals surface area contributed by atoms with Crippen molar-refractivity contribution in [1.29, 1.82) is 0 Å². The molecular weight excluding hydrogens is 433 g/mol. The van der Waals surface area contributed by atoms with Gasteiger partial charge in [0.2, 0.25) is 10.0 Å². The summed E-state index contributed by atoms with van der Waals surface area (Å²) in [5.74, 6) is -0.598. The third-order valence-corrected chi connectivity index (χ3v) is 6.78. The molecule has 3 rings (SSSR count). The Morgan fingerprint density at radius 3 is 2.52 bits per heavy atom. The smallest absolute Gasteiger partial charge is 0.406 e. The van der Waals surface area contributed by atoms with Crippen LogP contribution in [-0.2, 0) is 21.2 Å². The fraction of sp³-hybridized carbons (Fsp3) is 0.333. The monoisotopic (exact) mass is 448 g/mol. The Hall–Kier alpha value is -2.17. The average molecular weight is 449 g/mol. The molecule has 11 heteroatoms. The van der Waals surface area contributed by atoms with Crippen LogP contribution in [0.2, 0.25) is 5.02 Å². The highest BCUT2D eigenvalue weighted by Gasteiger charge is 2.37. The molecule has 1 aliphatic heterocycles. The molecule has 1 saturated heterocycles. The highest BCUT2D eigenvalue weighted by Crippen LogP contribution is 2.30. The molecule has 0 amide bonds. The number of carbonyl (C=O) groups is 1. The van der Waals surface area contributed by atoms with Crippen molar-refractivity contribution in [3.63, 3.8) is 0 Å². The molecule has 0 N–H and O–H groups in total. The molecule has 1 aliphatic rings. The van der Waals surface area contributed by atoms with Crippen molar-refractivity contribution in [2.24, 2.45) is 0 Å². The minimum Gasteiger partial charge on any atom is -0.406 e. The lowest BCUT2D eigenvalue weighted by atomic mass is 9.97. The highest BCUT2D eigenvalue weighted by molar-refractivity contribution is 7.89. The predicted octanol–water partition coefficient (Wildman–Crippen LogP) is 3.60. The van der Waals surface area contributed by atoms with E-state index in [0.717, 1.165) is 24.3 Å². The minimum atomic E-state index is -4.87. The summed E-state index contributed by atoms with van der Waals surface area (Å²) in [6, 6.07) is 4.85. The van der Waals surface area contributed by atoms with Gasteiger partial charge in [-0.2, -0.15) is 4.31 Å². The third kappa shape index (κ3) is 5.26. The number of hydrogen-bond donors (Lipinski definition) is 0. The molecule has 1 fully saturated rings. The Labute approximate surface area is 170 Å². The number of carbonyl (C=O) groups excluding carboxylic acids is 1. The molecule has 29 heavy (non-hydrogen) atoms. The Morgan fingerprint density at radius 1 is 1.21 bits per heavy atom. The maximum Gasteiger partial charge on any atom is 0.573 e. The first-order chi connectivity index (χ1) is 13.6. The molecule has 2 aromatic rings. The number of halogens is 4. The van der Waals surface area contributed by atoms with Gasteiger partial charge in [0, 0.05) is 42.8 Å². The number of alkyl halides is 3. The van der Waals surface area contributed by atoms with Crippen LogP contribution < -0.4 is 4.74 Å². The molecule has 1 aromatic heterocycles. The van der Waals surface area contributed by atoms with Crippen LogP contribution in [0.15, 0.2) is 47.6 Å². The molecule has 6 nitrogen and oxygen atoms in total. The van der Waals surface area contributed by atoms with Crippen molar-refractivity contribution >= 4 is 27.4 Å². The summed E-state index contributed by atoms with van der Waals surface area (Å²) in [7, 11) is -4.05. The summed E-state index contributed by atoms with van der Waals surface area (Å²) >= 11 is 6.13. The first kappa shape index (κ1) is 21.5. The van der Waals surface area contributed by atoms with Crippen molar-refractivity contribution < 1.29 is 31.1 Å². The lowest BCUT2D eigenvalue weighted by molar-refractivity contribution is -0.274. The van der Waals surface area contributed by atoms with E-state index in [1.807, 2.05) is 0 Å². The average Bonchev–Trinajstić information content (AvgIpc) is 2.63. The summed E-state index contributed by atoms with van der Waals surface area (Å²) in [5.41, 5.74) is 0.600. The maximum atomic E-state index is 13.1. The highest BCUT2D eigenvalue weighted by atomic mass is 35.5. The summed E-state index contributed by atoms with van der Waals surface area (Å²) < 4.78 is 68.0. The third-order valence-electron chi connectivity index (χ3n) is 4.45. The zero-order valence-electron chi connectivity index (χ0n) is 14.9. The number of ether oxygens (including phenoxy) is 1. The van der Waals surface area contributed by atoms with E-state index in [4.69, 9.17) is 11.6 Å². The Balaban J connectivity index is 1.86. The van der Waals surface area contributed by atoms with E-state index >= 15 is 0 Å². The molecule has 1 unspecified atom stereocenters. The quantitative estimate of drug-likeness (QED) is 0.698. The molecular formula is C18H16ClF3N2O4S. The van der Waals surface area contributed by atoms with Gasteiger partial charge in [0.1, 0.15) is 11.5 Å². The Morgan fingerprint density at radius 2 is 1.90 bits per heavy atom. The fourth-order valence-corrected chi connectivity index (χ4v) is 4.94. The standard InChI is InChI=1S/C18H16ClF3N2O4S/c19-17-5-7-23-11-12(17)9-13-10-14(25)6-8-24(13)29(26,27)16-3-1-15(2-4-16)28-18(20,21)22/h1-5,7,11,13H,6,8-10H2. The van der Waals surface area contributed by atoms with Crippen LogP contribution in [0.1, 0.15) is 18.4 Å². The number of pyridine rings is 1. The predicted molar refractivity (Wildman–Crippen MR) is 98.0 cm³/mol. The SMILES string of the molecule is O=C1CCN(S(=O)(=O)c2ccc(OC(F)(F)F)cc2)C(Cc2cnccc2Cl)C1. The molecule has 0 bridgehead atoms. The van der Waals surface area contributed by atoms with Crippen molar-refractivity contribution in [3.05, 3.63) is 53.3 Å². The second kappa shape index (κ2) is 8.29. The van der Waals surface area contributed by atoms with Crippen molar-refractivity contribution in [2.45, 2.75) is 36.6 Å². The van der Waals surface area contributed by atoms with E-state index in [9.17, 15) is 26.4 Å². The Bertz CT molecular complexity index is 997. The van der Waals surface area contributed by atoms with Crippen LogP contribution in [0, 0.1) is 0 Å². The zero-order valence-corrected chi connectivity index (χ0v) is 16.5. The first-order valence-electron chi connectivity index (χ1n) is 8.54. The van der Waals surface area contributed by atoms with Crippen LogP contribution in [-0.4, -0.2) is 42.4 Å². The van der Waals surface area contributed by atoms with E-state index in [-0.39, 0.29) is 36.5 Å². The molecule has 1 atom stereocenters. The van der Waals surface area contributed by atoms with Crippen molar-refractivity contribution in [2.75, 3.05) is 6.54 Å². The van der Waals surface area contributed by atoms with Gasteiger partial charge in [-0.15, -0.1) is 13.2 Å². The minimum absolute atomic E-state index is 0.0136. The number of benzene rings is 1. The van der Waals surface area contributed by atoms with Gasteiger partial charge in [0.05, 0.1) is 4.90 Å². The van der Waals surface area contributed by atoms with Crippen LogP contribution in [0.3, 0.4) is 0 Å². The molecule has 0 saturated carbocycles. The molecule has 0 radical (unpaired) electrons. The second-order valence-corrected chi connectivity index (χ2v) is 8.75. The van der Waals surface area contributed by atoms with Crippen molar-refractivity contribution in [1.82, 2.24) is 9.29 Å². The van der Waals surface area contributed by atoms with E-state index in [1.165, 1.54) is 16.7 Å².